The van der Waals surface area contributed by atoms with Crippen LogP contribution in [0.1, 0.15) is 20.0 Å². The fraction of sp³-hybridized carbons (Fsp3) is 0. The molecule has 2 aromatic heterocycles. The quantitative estimate of drug-likeness (QED) is 0.518. The number of rotatable bonds is 2. The van der Waals surface area contributed by atoms with Crippen LogP contribution >= 0.6 is 27.3 Å². The zero-order valence-electron chi connectivity index (χ0n) is 11.5. The molecule has 0 bridgehead atoms. The average Bonchev–Trinajstić information content (AvgIpc) is 2.98. The number of halogens is 1. The van der Waals surface area contributed by atoms with E-state index in [1.165, 1.54) is 17.4 Å². The summed E-state index contributed by atoms with van der Waals surface area (Å²) in [4.78, 5) is 36.2. The molecule has 0 fully saturated rings. The number of nitrogens with one attached hydrogen (secondary N) is 2. The number of hydrogen-bond donors (Lipinski definition) is 2. The van der Waals surface area contributed by atoms with Crippen molar-refractivity contribution in [3.05, 3.63) is 67.1 Å². The molecule has 0 radical (unpaired) electrons. The van der Waals surface area contributed by atoms with Gasteiger partial charge in [-0.05, 0) is 40.2 Å². The summed E-state index contributed by atoms with van der Waals surface area (Å²) < 4.78 is 5.87. The number of hydrazine groups is 1. The van der Waals surface area contributed by atoms with Crippen LogP contribution in [0.15, 0.2) is 55.5 Å². The molecule has 0 atom stereocenters. The third-order valence-electron chi connectivity index (χ3n) is 2.97. The van der Waals surface area contributed by atoms with Crippen molar-refractivity contribution in [1.29, 1.82) is 0 Å². The SMILES string of the molecule is O=C(NNC(=O)c1cc2ccccc2oc1=O)c1ccc(Br)s1. The maximum atomic E-state index is 12.1. The van der Waals surface area contributed by atoms with E-state index in [4.69, 9.17) is 4.42 Å². The molecule has 2 amide bonds. The number of hydrogen-bond acceptors (Lipinski definition) is 5. The van der Waals surface area contributed by atoms with Crippen LogP contribution in [-0.2, 0) is 0 Å². The lowest BCUT2D eigenvalue weighted by Gasteiger charge is -2.06. The number of thiophene rings is 1. The van der Waals surface area contributed by atoms with Gasteiger partial charge in [-0.3, -0.25) is 20.4 Å². The van der Waals surface area contributed by atoms with Gasteiger partial charge < -0.3 is 4.42 Å². The van der Waals surface area contributed by atoms with Crippen molar-refractivity contribution in [1.82, 2.24) is 10.9 Å². The fourth-order valence-corrected chi connectivity index (χ4v) is 3.18. The van der Waals surface area contributed by atoms with E-state index >= 15 is 0 Å². The monoisotopic (exact) mass is 392 g/mol. The van der Waals surface area contributed by atoms with E-state index in [1.807, 2.05) is 0 Å². The Bertz CT molecular complexity index is 963. The normalized spacial score (nSPS) is 10.5. The highest BCUT2D eigenvalue weighted by Crippen LogP contribution is 2.21. The van der Waals surface area contributed by atoms with Gasteiger partial charge in [0.2, 0.25) is 0 Å². The molecule has 0 spiro atoms. The lowest BCUT2D eigenvalue weighted by atomic mass is 10.2. The van der Waals surface area contributed by atoms with Gasteiger partial charge in [-0.2, -0.15) is 0 Å². The molecule has 0 aliphatic heterocycles. The summed E-state index contributed by atoms with van der Waals surface area (Å²) in [5, 5.41) is 0.616. The Balaban J connectivity index is 1.77. The second-order valence-corrected chi connectivity index (χ2v) is 6.96. The number of carbonyl (C=O) groups excluding carboxylic acids is 2. The molecule has 6 nitrogen and oxygen atoms in total. The standard InChI is InChI=1S/C15H9BrN2O4S/c16-12-6-5-11(23-12)14(20)18-17-13(19)9-7-8-3-1-2-4-10(8)22-15(9)21/h1-7H,(H,17,19)(H,18,20). The number of amides is 2. The maximum absolute atomic E-state index is 12.1. The fourth-order valence-electron chi connectivity index (χ4n) is 1.90. The molecule has 116 valence electrons. The Morgan fingerprint density at radius 1 is 1.04 bits per heavy atom. The van der Waals surface area contributed by atoms with E-state index in [1.54, 1.807) is 36.4 Å². The van der Waals surface area contributed by atoms with Crippen LogP contribution in [0.5, 0.6) is 0 Å². The molecule has 0 unspecified atom stereocenters. The first-order valence-corrected chi connectivity index (χ1v) is 8.04. The molecule has 1 aromatic carbocycles. The molecule has 0 saturated heterocycles. The first-order chi connectivity index (χ1) is 11.0. The second-order valence-electron chi connectivity index (χ2n) is 4.50. The van der Waals surface area contributed by atoms with E-state index in [9.17, 15) is 14.4 Å². The molecule has 2 N–H and O–H groups in total. The predicted octanol–water partition coefficient (Wildman–Crippen LogP) is 2.69. The van der Waals surface area contributed by atoms with Crippen molar-refractivity contribution in [3.63, 3.8) is 0 Å². The molecule has 0 saturated carbocycles. The van der Waals surface area contributed by atoms with Crippen LogP contribution < -0.4 is 16.5 Å². The van der Waals surface area contributed by atoms with Crippen molar-refractivity contribution in [2.24, 2.45) is 0 Å². The summed E-state index contributed by atoms with van der Waals surface area (Å²) >= 11 is 4.47. The van der Waals surface area contributed by atoms with Crippen LogP contribution in [0.2, 0.25) is 0 Å². The Morgan fingerprint density at radius 2 is 1.78 bits per heavy atom. The van der Waals surface area contributed by atoms with E-state index in [2.05, 4.69) is 26.8 Å². The summed E-state index contributed by atoms with van der Waals surface area (Å²) in [6, 6.07) is 11.6. The summed E-state index contributed by atoms with van der Waals surface area (Å²) in [7, 11) is 0. The van der Waals surface area contributed by atoms with Crippen molar-refractivity contribution < 1.29 is 14.0 Å². The number of benzene rings is 1. The summed E-state index contributed by atoms with van der Waals surface area (Å²) in [6.07, 6.45) is 0. The highest BCUT2D eigenvalue weighted by molar-refractivity contribution is 9.11. The minimum Gasteiger partial charge on any atom is -0.422 e. The number of carbonyl (C=O) groups is 2. The van der Waals surface area contributed by atoms with E-state index < -0.39 is 17.4 Å². The highest BCUT2D eigenvalue weighted by Gasteiger charge is 2.15. The lowest BCUT2D eigenvalue weighted by Crippen LogP contribution is -2.42. The van der Waals surface area contributed by atoms with E-state index in [0.29, 0.717) is 15.8 Å². The zero-order valence-corrected chi connectivity index (χ0v) is 13.9. The minimum absolute atomic E-state index is 0.184. The van der Waals surface area contributed by atoms with Crippen LogP contribution in [0.3, 0.4) is 0 Å². The smallest absolute Gasteiger partial charge is 0.349 e. The van der Waals surface area contributed by atoms with Crippen molar-refractivity contribution >= 4 is 50.1 Å². The van der Waals surface area contributed by atoms with Crippen LogP contribution in [0.25, 0.3) is 11.0 Å². The van der Waals surface area contributed by atoms with Crippen LogP contribution in [0, 0.1) is 0 Å². The summed E-state index contributed by atoms with van der Waals surface area (Å²) in [5.74, 6) is -1.22. The van der Waals surface area contributed by atoms with Crippen LogP contribution in [0.4, 0.5) is 0 Å². The summed E-state index contributed by atoms with van der Waals surface area (Å²) in [5.41, 5.74) is 3.90. The average molecular weight is 393 g/mol. The third-order valence-corrected chi connectivity index (χ3v) is 4.60. The zero-order chi connectivity index (χ0) is 16.4. The second kappa shape index (κ2) is 6.35. The van der Waals surface area contributed by atoms with Gasteiger partial charge in [0.05, 0.1) is 8.66 Å². The topological polar surface area (TPSA) is 88.4 Å². The molecule has 23 heavy (non-hydrogen) atoms. The predicted molar refractivity (Wildman–Crippen MR) is 89.4 cm³/mol. The Labute approximate surface area is 142 Å². The number of fused-ring (bicyclic) bond motifs is 1. The first-order valence-electron chi connectivity index (χ1n) is 6.43. The molecule has 0 aliphatic rings. The minimum atomic E-state index is -0.769. The number of para-hydroxylation sites is 1. The molecule has 2 heterocycles. The maximum Gasteiger partial charge on any atom is 0.349 e. The van der Waals surface area contributed by atoms with Crippen molar-refractivity contribution in [2.45, 2.75) is 0 Å². The van der Waals surface area contributed by atoms with Gasteiger partial charge in [0.25, 0.3) is 11.8 Å². The molecular weight excluding hydrogens is 384 g/mol. The molecule has 3 rings (SSSR count). The third kappa shape index (κ3) is 3.33. The molecule has 8 heteroatoms. The Morgan fingerprint density at radius 3 is 2.52 bits per heavy atom. The Kier molecular flexibility index (Phi) is 4.26. The lowest BCUT2D eigenvalue weighted by molar-refractivity contribution is 0.0847. The van der Waals surface area contributed by atoms with E-state index in [-0.39, 0.29) is 5.56 Å². The molecular formula is C15H9BrN2O4S. The Hall–Kier alpha value is -2.45. The van der Waals surface area contributed by atoms with Gasteiger partial charge in [0, 0.05) is 5.39 Å². The van der Waals surface area contributed by atoms with Gasteiger partial charge in [-0.15, -0.1) is 11.3 Å². The largest absolute Gasteiger partial charge is 0.422 e. The van der Waals surface area contributed by atoms with Crippen molar-refractivity contribution in [2.75, 3.05) is 0 Å². The van der Waals surface area contributed by atoms with Gasteiger partial charge in [0.15, 0.2) is 0 Å². The van der Waals surface area contributed by atoms with Crippen LogP contribution in [-0.4, -0.2) is 11.8 Å². The van der Waals surface area contributed by atoms with Gasteiger partial charge in [0.1, 0.15) is 11.1 Å². The molecule has 3 aromatic rings. The molecule has 0 aliphatic carbocycles. The van der Waals surface area contributed by atoms with Crippen molar-refractivity contribution in [3.8, 4) is 0 Å². The highest BCUT2D eigenvalue weighted by atomic mass is 79.9. The summed E-state index contributed by atoms with van der Waals surface area (Å²) in [6.45, 7) is 0. The van der Waals surface area contributed by atoms with E-state index in [0.717, 1.165) is 3.79 Å². The first kappa shape index (κ1) is 15.4. The van der Waals surface area contributed by atoms with Gasteiger partial charge in [-0.25, -0.2) is 4.79 Å². The van der Waals surface area contributed by atoms with Gasteiger partial charge >= 0.3 is 5.63 Å². The van der Waals surface area contributed by atoms with Gasteiger partial charge in [-0.1, -0.05) is 18.2 Å².